The highest BCUT2D eigenvalue weighted by atomic mass is 35.5. The Morgan fingerprint density at radius 1 is 1.13 bits per heavy atom. The topological polar surface area (TPSA) is 114 Å². The summed E-state index contributed by atoms with van der Waals surface area (Å²) in [6, 6.07) is 13.6. The lowest BCUT2D eigenvalue weighted by atomic mass is 9.88. The Labute approximate surface area is 230 Å². The predicted octanol–water partition coefficient (Wildman–Crippen LogP) is 5.22. The predicted molar refractivity (Wildman–Crippen MR) is 153 cm³/mol. The lowest BCUT2D eigenvalue weighted by Gasteiger charge is -2.26. The van der Waals surface area contributed by atoms with Crippen molar-refractivity contribution in [3.05, 3.63) is 59.4 Å². The van der Waals surface area contributed by atoms with Crippen molar-refractivity contribution in [2.24, 2.45) is 11.7 Å². The lowest BCUT2D eigenvalue weighted by Crippen LogP contribution is -2.33. The minimum Gasteiger partial charge on any atom is -0.466 e. The van der Waals surface area contributed by atoms with Crippen molar-refractivity contribution in [2.75, 3.05) is 18.6 Å². The number of hydrogen-bond acceptors (Lipinski definition) is 5. The van der Waals surface area contributed by atoms with E-state index in [0.717, 1.165) is 53.8 Å². The van der Waals surface area contributed by atoms with Crippen LogP contribution in [0.4, 0.5) is 5.69 Å². The fourth-order valence-corrected chi connectivity index (χ4v) is 5.11. The zero-order chi connectivity index (χ0) is 26.4. The van der Waals surface area contributed by atoms with Gasteiger partial charge in [0.1, 0.15) is 11.7 Å². The van der Waals surface area contributed by atoms with E-state index in [9.17, 15) is 9.59 Å². The maximum absolute atomic E-state index is 13.1. The van der Waals surface area contributed by atoms with Gasteiger partial charge in [0.15, 0.2) is 0 Å². The number of anilines is 1. The monoisotopic (exact) mass is 539 g/mol. The van der Waals surface area contributed by atoms with Gasteiger partial charge in [0.25, 0.3) is 0 Å². The third-order valence-electron chi connectivity index (χ3n) is 7.18. The zero-order valence-electron chi connectivity index (χ0n) is 22.2. The van der Waals surface area contributed by atoms with E-state index < -0.39 is 0 Å². The van der Waals surface area contributed by atoms with Crippen molar-refractivity contribution in [1.82, 2.24) is 9.55 Å². The van der Waals surface area contributed by atoms with Crippen molar-refractivity contribution >= 4 is 46.8 Å². The van der Waals surface area contributed by atoms with Crippen LogP contribution in [0.5, 0.6) is 0 Å². The molecule has 0 radical (unpaired) electrons. The van der Waals surface area contributed by atoms with Gasteiger partial charge in [-0.2, -0.15) is 0 Å². The average molecular weight is 540 g/mol. The van der Waals surface area contributed by atoms with Gasteiger partial charge in [0.2, 0.25) is 5.91 Å². The second-order valence-electron chi connectivity index (χ2n) is 9.78. The fourth-order valence-electron chi connectivity index (χ4n) is 5.11. The van der Waals surface area contributed by atoms with E-state index in [4.69, 9.17) is 20.9 Å². The molecule has 1 aliphatic carbocycles. The maximum atomic E-state index is 13.1. The number of aryl methyl sites for hydroxylation is 1. The summed E-state index contributed by atoms with van der Waals surface area (Å²) in [5.41, 5.74) is 9.98. The summed E-state index contributed by atoms with van der Waals surface area (Å²) in [5.74, 6) is 1.01. The Morgan fingerprint density at radius 2 is 1.84 bits per heavy atom. The molecule has 4 rings (SSSR count). The number of fused-ring (bicyclic) bond motifs is 1. The lowest BCUT2D eigenvalue weighted by molar-refractivity contribution is -0.143. The van der Waals surface area contributed by atoms with E-state index in [2.05, 4.69) is 4.57 Å². The minimum absolute atomic E-state index is 0. The highest BCUT2D eigenvalue weighted by molar-refractivity contribution is 5.96. The first-order chi connectivity index (χ1) is 17.9. The number of amidine groups is 1. The number of halogens is 1. The molecular weight excluding hydrogens is 502 g/mol. The average Bonchev–Trinajstić information content (AvgIpc) is 3.24. The smallest absolute Gasteiger partial charge is 0.305 e. The normalized spacial score (nSPS) is 13.6. The quantitative estimate of drug-likeness (QED) is 0.208. The molecule has 1 fully saturated rings. The van der Waals surface area contributed by atoms with E-state index in [1.54, 1.807) is 4.90 Å². The summed E-state index contributed by atoms with van der Waals surface area (Å²) < 4.78 is 7.24. The summed E-state index contributed by atoms with van der Waals surface area (Å²) in [6.45, 7) is 2.82. The number of nitrogens with zero attached hydrogens (tertiary/aromatic N) is 3. The molecule has 1 saturated carbocycles. The Morgan fingerprint density at radius 3 is 2.50 bits per heavy atom. The molecule has 204 valence electrons. The molecule has 1 aliphatic rings. The number of ether oxygens (including phenoxy) is 1. The first kappa shape index (κ1) is 29.2. The molecule has 1 amide bonds. The number of hydrogen-bond donors (Lipinski definition) is 2. The number of esters is 1. The number of nitrogens with one attached hydrogen (secondary N) is 1. The Hall–Kier alpha value is -3.39. The van der Waals surface area contributed by atoms with Crippen molar-refractivity contribution in [2.45, 2.75) is 64.8 Å². The molecule has 0 atom stereocenters. The van der Waals surface area contributed by atoms with Crippen LogP contribution < -0.4 is 10.6 Å². The summed E-state index contributed by atoms with van der Waals surface area (Å²) in [7, 11) is 1.85. The third-order valence-corrected chi connectivity index (χ3v) is 7.18. The second-order valence-corrected chi connectivity index (χ2v) is 9.78. The van der Waals surface area contributed by atoms with Crippen LogP contribution in [0.2, 0.25) is 0 Å². The number of amides is 1. The SMILES string of the molecule is CCOC(=O)CCCn1c(Cc2ccc(C(=N)N)cc2)nc2cc(N(C)C(=O)C3CCCCC3)ccc21.Cl. The van der Waals surface area contributed by atoms with E-state index in [0.29, 0.717) is 38.0 Å². The molecule has 0 bridgehead atoms. The van der Waals surface area contributed by atoms with Gasteiger partial charge in [-0.25, -0.2) is 4.98 Å². The van der Waals surface area contributed by atoms with Crippen LogP contribution >= 0.6 is 12.4 Å². The molecule has 8 nitrogen and oxygen atoms in total. The molecule has 0 unspecified atom stereocenters. The van der Waals surface area contributed by atoms with Gasteiger partial charge in [0, 0.05) is 43.6 Å². The largest absolute Gasteiger partial charge is 0.466 e. The molecule has 0 spiro atoms. The van der Waals surface area contributed by atoms with Gasteiger partial charge in [-0.3, -0.25) is 15.0 Å². The van der Waals surface area contributed by atoms with Crippen LogP contribution in [-0.4, -0.2) is 40.9 Å². The second kappa shape index (κ2) is 13.4. The standard InChI is InChI=1S/C29H37N5O3.ClH/c1-3-37-27(35)10-7-17-34-25-16-15-23(33(2)29(36)22-8-5-4-6-9-22)19-24(25)32-26(34)18-20-11-13-21(14-12-20)28(30)31;/h11-16,19,22H,3-10,17-18H2,1-2H3,(H3,30,31);1H. The number of carbonyl (C=O) groups is 2. The minimum atomic E-state index is -0.196. The number of benzene rings is 2. The summed E-state index contributed by atoms with van der Waals surface area (Å²) >= 11 is 0. The summed E-state index contributed by atoms with van der Waals surface area (Å²) in [5, 5.41) is 7.62. The molecule has 38 heavy (non-hydrogen) atoms. The van der Waals surface area contributed by atoms with Gasteiger partial charge in [-0.05, 0) is 49.9 Å². The molecule has 9 heteroatoms. The van der Waals surface area contributed by atoms with E-state index >= 15 is 0 Å². The zero-order valence-corrected chi connectivity index (χ0v) is 23.1. The van der Waals surface area contributed by atoms with Crippen molar-refractivity contribution in [3.63, 3.8) is 0 Å². The van der Waals surface area contributed by atoms with Gasteiger partial charge >= 0.3 is 5.97 Å². The number of nitrogens with two attached hydrogens (primary N) is 1. The molecule has 1 aromatic heterocycles. The molecule has 3 aromatic rings. The van der Waals surface area contributed by atoms with E-state index in [-0.39, 0.29) is 36.0 Å². The van der Waals surface area contributed by atoms with Crippen molar-refractivity contribution in [1.29, 1.82) is 5.41 Å². The number of rotatable bonds is 10. The van der Waals surface area contributed by atoms with Crippen LogP contribution in [0.25, 0.3) is 11.0 Å². The highest BCUT2D eigenvalue weighted by Crippen LogP contribution is 2.29. The van der Waals surface area contributed by atoms with E-state index in [1.807, 2.05) is 56.4 Å². The first-order valence-corrected chi connectivity index (χ1v) is 13.2. The van der Waals surface area contributed by atoms with Crippen LogP contribution in [0.1, 0.15) is 68.8 Å². The number of aromatic nitrogens is 2. The first-order valence-electron chi connectivity index (χ1n) is 13.2. The van der Waals surface area contributed by atoms with Gasteiger partial charge in [-0.15, -0.1) is 12.4 Å². The molecule has 3 N–H and O–H groups in total. The van der Waals surface area contributed by atoms with Gasteiger partial charge in [-0.1, -0.05) is 43.5 Å². The number of carbonyl (C=O) groups excluding carboxylic acids is 2. The van der Waals surface area contributed by atoms with Crippen LogP contribution in [-0.2, 0) is 27.3 Å². The summed E-state index contributed by atoms with van der Waals surface area (Å²) in [6.07, 6.45) is 6.97. The Balaban J connectivity index is 0.00000400. The Kier molecular flexibility index (Phi) is 10.3. The molecule has 1 heterocycles. The summed E-state index contributed by atoms with van der Waals surface area (Å²) in [4.78, 5) is 31.7. The van der Waals surface area contributed by atoms with Crippen LogP contribution in [0, 0.1) is 11.3 Å². The third kappa shape index (κ3) is 6.92. The molecule has 0 aliphatic heterocycles. The van der Waals surface area contributed by atoms with Crippen molar-refractivity contribution < 1.29 is 14.3 Å². The Bertz CT molecular complexity index is 1270. The van der Waals surface area contributed by atoms with Crippen LogP contribution in [0.3, 0.4) is 0 Å². The number of imidazole rings is 1. The fraction of sp³-hybridized carbons (Fsp3) is 0.448. The molecule has 0 saturated heterocycles. The number of nitrogen functional groups attached to an aromatic ring is 1. The van der Waals surface area contributed by atoms with E-state index in [1.165, 1.54) is 6.42 Å². The van der Waals surface area contributed by atoms with Gasteiger partial charge in [0.05, 0.1) is 17.6 Å². The maximum Gasteiger partial charge on any atom is 0.305 e. The molecule has 2 aromatic carbocycles. The van der Waals surface area contributed by atoms with Crippen molar-refractivity contribution in [3.8, 4) is 0 Å². The van der Waals surface area contributed by atoms with Crippen LogP contribution in [0.15, 0.2) is 42.5 Å². The highest BCUT2D eigenvalue weighted by Gasteiger charge is 2.25. The molecular formula is C29H38ClN5O3. The van der Waals surface area contributed by atoms with Gasteiger partial charge < -0.3 is 19.9 Å².